The van der Waals surface area contributed by atoms with Gasteiger partial charge < -0.3 is 19.7 Å². The predicted molar refractivity (Wildman–Crippen MR) is 156 cm³/mol. The van der Waals surface area contributed by atoms with Gasteiger partial charge in [-0.2, -0.15) is 0 Å². The van der Waals surface area contributed by atoms with Crippen molar-refractivity contribution in [3.05, 3.63) is 41.3 Å². The number of anilines is 1. The van der Waals surface area contributed by atoms with E-state index in [1.54, 1.807) is 19.1 Å². The Bertz CT molecular complexity index is 1540. The number of nitrogens with one attached hydrogen (secondary N) is 2. The minimum absolute atomic E-state index is 0.0913. The lowest BCUT2D eigenvalue weighted by atomic mass is 9.85. The summed E-state index contributed by atoms with van der Waals surface area (Å²) in [5.74, 6) is -0.722. The third-order valence-electron chi connectivity index (χ3n) is 8.64. The number of aromatic amines is 1. The Morgan fingerprint density at radius 2 is 1.79 bits per heavy atom. The lowest BCUT2D eigenvalue weighted by Crippen LogP contribution is -2.48. The smallest absolute Gasteiger partial charge is 0.257 e. The second kappa shape index (κ2) is 12.5. The highest BCUT2D eigenvalue weighted by Crippen LogP contribution is 2.36. The van der Waals surface area contributed by atoms with Crippen LogP contribution in [0.4, 0.5) is 10.1 Å². The summed E-state index contributed by atoms with van der Waals surface area (Å²) < 4.78 is 46.5. The average Bonchev–Trinajstić information content (AvgIpc) is 3.55. The van der Waals surface area contributed by atoms with Crippen LogP contribution in [0.25, 0.3) is 11.0 Å². The van der Waals surface area contributed by atoms with Crippen LogP contribution in [0.1, 0.15) is 92.6 Å². The van der Waals surface area contributed by atoms with Gasteiger partial charge in [0.25, 0.3) is 5.91 Å². The number of hydrogen-bond donors (Lipinski definition) is 2. The van der Waals surface area contributed by atoms with Crippen LogP contribution < -0.4 is 10.2 Å². The lowest BCUT2D eigenvalue weighted by molar-refractivity contribution is -0.117. The maximum atomic E-state index is 16.2. The number of nitrogens with zero attached hydrogens (tertiary/aromatic N) is 4. The Morgan fingerprint density at radius 3 is 2.38 bits per heavy atom. The zero-order chi connectivity index (χ0) is 30.0. The molecule has 5 rings (SSSR count). The molecular formula is C29H39FN6O5S. The van der Waals surface area contributed by atoms with Gasteiger partial charge in [0.05, 0.1) is 29.2 Å². The molecule has 1 unspecified atom stereocenters. The first-order valence-corrected chi connectivity index (χ1v) is 16.5. The molecular weight excluding hydrogens is 563 g/mol. The molecule has 2 aromatic heterocycles. The standard InChI is InChI=1S/C29H39FN6O5S/c1-18-22(17-41-34-18)29(38)33-26(20-9-7-5-4-6-8-10-20)28-31-23-11-12-24(25(30)27(23)32-28)36(19(2)37)21-13-15-35(16-14-21)42(3,39)40/h11-12,17,20-21,26H,4-10,13-16H2,1-3H3,(H,31,32)(H,33,38). The average molecular weight is 603 g/mol. The minimum Gasteiger partial charge on any atom is -0.364 e. The predicted octanol–water partition coefficient (Wildman–Crippen LogP) is 4.61. The van der Waals surface area contributed by atoms with Crippen LogP contribution >= 0.6 is 0 Å². The molecule has 0 spiro atoms. The molecule has 0 radical (unpaired) electrons. The first-order valence-electron chi connectivity index (χ1n) is 14.7. The fourth-order valence-corrected chi connectivity index (χ4v) is 7.27. The SMILES string of the molecule is CC(=O)N(c1ccc2[nH]c(C(NC(=O)c3conc3C)C3CCCCCCC3)nc2c1F)C1CCN(S(C)(=O)=O)CC1. The van der Waals surface area contributed by atoms with Gasteiger partial charge in [0, 0.05) is 26.1 Å². The minimum atomic E-state index is -3.34. The topological polar surface area (TPSA) is 142 Å². The van der Waals surface area contributed by atoms with Gasteiger partial charge in [0.15, 0.2) is 5.82 Å². The second-order valence-corrected chi connectivity index (χ2v) is 13.6. The molecule has 3 heterocycles. The van der Waals surface area contributed by atoms with E-state index in [4.69, 9.17) is 4.52 Å². The van der Waals surface area contributed by atoms with Crippen molar-refractivity contribution >= 4 is 38.6 Å². The molecule has 228 valence electrons. The molecule has 1 saturated heterocycles. The summed E-state index contributed by atoms with van der Waals surface area (Å²) in [7, 11) is -3.34. The van der Waals surface area contributed by atoms with E-state index in [2.05, 4.69) is 20.4 Å². The van der Waals surface area contributed by atoms with Crippen LogP contribution in [-0.4, -0.2) is 65.0 Å². The normalized spacial score (nSPS) is 18.9. The van der Waals surface area contributed by atoms with Gasteiger partial charge in [-0.25, -0.2) is 22.1 Å². The first kappa shape index (κ1) is 30.1. The van der Waals surface area contributed by atoms with Crippen molar-refractivity contribution in [3.63, 3.8) is 0 Å². The fourth-order valence-electron chi connectivity index (χ4n) is 6.40. The molecule has 1 atom stereocenters. The van der Waals surface area contributed by atoms with Crippen molar-refractivity contribution in [2.24, 2.45) is 5.92 Å². The van der Waals surface area contributed by atoms with Gasteiger partial charge in [-0.3, -0.25) is 9.59 Å². The number of carbonyl (C=O) groups is 2. The number of amides is 2. The van der Waals surface area contributed by atoms with Gasteiger partial charge >= 0.3 is 0 Å². The third kappa shape index (κ3) is 6.36. The lowest BCUT2D eigenvalue weighted by Gasteiger charge is -2.37. The largest absolute Gasteiger partial charge is 0.364 e. The summed E-state index contributed by atoms with van der Waals surface area (Å²) in [5, 5.41) is 6.95. The number of rotatable bonds is 7. The fraction of sp³-hybridized carbons (Fsp3) is 0.586. The van der Waals surface area contributed by atoms with Crippen LogP contribution in [0.2, 0.25) is 0 Å². The number of fused-ring (bicyclic) bond motifs is 1. The van der Waals surface area contributed by atoms with Crippen molar-refractivity contribution in [3.8, 4) is 0 Å². The molecule has 1 saturated carbocycles. The number of hydrogen-bond acceptors (Lipinski definition) is 7. The number of benzene rings is 1. The van der Waals surface area contributed by atoms with Crippen molar-refractivity contribution < 1.29 is 26.9 Å². The zero-order valence-corrected chi connectivity index (χ0v) is 25.2. The first-order chi connectivity index (χ1) is 20.0. The summed E-state index contributed by atoms with van der Waals surface area (Å²) in [4.78, 5) is 35.4. The number of sulfonamides is 1. The summed E-state index contributed by atoms with van der Waals surface area (Å²) >= 11 is 0. The van der Waals surface area contributed by atoms with E-state index in [1.807, 2.05) is 0 Å². The van der Waals surface area contributed by atoms with Gasteiger partial charge in [-0.05, 0) is 50.7 Å². The highest BCUT2D eigenvalue weighted by molar-refractivity contribution is 7.88. The van der Waals surface area contributed by atoms with E-state index >= 15 is 4.39 Å². The Hall–Kier alpha value is -3.32. The van der Waals surface area contributed by atoms with E-state index < -0.39 is 21.9 Å². The van der Waals surface area contributed by atoms with E-state index in [-0.39, 0.29) is 48.1 Å². The van der Waals surface area contributed by atoms with E-state index in [0.29, 0.717) is 35.4 Å². The van der Waals surface area contributed by atoms with E-state index in [9.17, 15) is 18.0 Å². The molecule has 2 amide bonds. The van der Waals surface area contributed by atoms with Crippen LogP contribution in [0.5, 0.6) is 0 Å². The van der Waals surface area contributed by atoms with E-state index in [1.165, 1.54) is 35.1 Å². The number of H-pyrrole nitrogens is 1. The van der Waals surface area contributed by atoms with Crippen molar-refractivity contribution in [2.45, 2.75) is 83.7 Å². The van der Waals surface area contributed by atoms with Crippen LogP contribution in [0.3, 0.4) is 0 Å². The molecule has 2 aliphatic rings. The highest BCUT2D eigenvalue weighted by atomic mass is 32.2. The van der Waals surface area contributed by atoms with Gasteiger partial charge in [0.2, 0.25) is 15.9 Å². The monoisotopic (exact) mass is 602 g/mol. The van der Waals surface area contributed by atoms with Gasteiger partial charge in [-0.1, -0.05) is 37.3 Å². The Labute approximate surface area is 245 Å². The number of aromatic nitrogens is 3. The van der Waals surface area contributed by atoms with Crippen molar-refractivity contribution in [2.75, 3.05) is 24.2 Å². The number of aryl methyl sites for hydroxylation is 1. The van der Waals surface area contributed by atoms with Crippen LogP contribution in [0, 0.1) is 18.7 Å². The molecule has 11 nitrogen and oxygen atoms in total. The number of piperidine rings is 1. The molecule has 1 aliphatic heterocycles. The van der Waals surface area contributed by atoms with Crippen molar-refractivity contribution in [1.82, 2.24) is 24.7 Å². The maximum Gasteiger partial charge on any atom is 0.257 e. The summed E-state index contributed by atoms with van der Waals surface area (Å²) in [6.45, 7) is 3.61. The summed E-state index contributed by atoms with van der Waals surface area (Å²) in [5.41, 5.74) is 1.49. The number of carbonyl (C=O) groups excluding carboxylic acids is 2. The van der Waals surface area contributed by atoms with E-state index in [0.717, 1.165) is 38.5 Å². The number of halogens is 1. The maximum absolute atomic E-state index is 16.2. The quantitative estimate of drug-likeness (QED) is 0.402. The summed E-state index contributed by atoms with van der Waals surface area (Å²) in [6.07, 6.45) is 10.6. The van der Waals surface area contributed by atoms with Gasteiger partial charge in [0.1, 0.15) is 23.2 Å². The molecule has 42 heavy (non-hydrogen) atoms. The molecule has 1 aromatic carbocycles. The zero-order valence-electron chi connectivity index (χ0n) is 24.4. The second-order valence-electron chi connectivity index (χ2n) is 11.6. The molecule has 2 N–H and O–H groups in total. The van der Waals surface area contributed by atoms with Gasteiger partial charge in [-0.15, -0.1) is 0 Å². The summed E-state index contributed by atoms with van der Waals surface area (Å²) in [6, 6.07) is 2.44. The third-order valence-corrected chi connectivity index (χ3v) is 9.95. The van der Waals surface area contributed by atoms with Crippen molar-refractivity contribution in [1.29, 1.82) is 0 Å². The molecule has 2 fully saturated rings. The number of imidazole rings is 1. The molecule has 0 bridgehead atoms. The molecule has 3 aromatic rings. The van der Waals surface area contributed by atoms with Crippen LogP contribution in [0.15, 0.2) is 22.9 Å². The Morgan fingerprint density at radius 1 is 1.12 bits per heavy atom. The highest BCUT2D eigenvalue weighted by Gasteiger charge is 2.34. The molecule has 13 heteroatoms. The van der Waals surface area contributed by atoms with Crippen LogP contribution in [-0.2, 0) is 14.8 Å². The Kier molecular flexibility index (Phi) is 8.97. The molecule has 1 aliphatic carbocycles. The Balaban J connectivity index is 1.47.